The molecule has 0 aromatic heterocycles. The molecule has 2 aromatic carbocycles. The number of ketones is 1. The van der Waals surface area contributed by atoms with Gasteiger partial charge in [-0.15, -0.1) is 0 Å². The molecule has 1 heterocycles. The predicted octanol–water partition coefficient (Wildman–Crippen LogP) is 3.17. The van der Waals surface area contributed by atoms with Crippen molar-refractivity contribution in [2.45, 2.75) is 31.6 Å². The van der Waals surface area contributed by atoms with Crippen molar-refractivity contribution in [1.82, 2.24) is 4.31 Å². The fraction of sp³-hybridized carbons (Fsp3) is 0.316. The van der Waals surface area contributed by atoms with Crippen molar-refractivity contribution in [2.24, 2.45) is 0 Å². The van der Waals surface area contributed by atoms with Gasteiger partial charge in [-0.25, -0.2) is 8.42 Å². The highest BCUT2D eigenvalue weighted by atomic mass is 32.2. The number of rotatable bonds is 5. The molecule has 1 aliphatic heterocycles. The van der Waals surface area contributed by atoms with Crippen LogP contribution in [0.15, 0.2) is 54.6 Å². The number of carbonyl (C=O) groups excluding carboxylic acids is 1. The molecule has 3 rings (SSSR count). The number of Topliss-reactive ketones (excluding diaryl/α,β-unsaturated/α-hetero) is 1. The largest absolute Gasteiger partial charge is 0.292 e. The Hall–Kier alpha value is -1.98. The van der Waals surface area contributed by atoms with E-state index in [4.69, 9.17) is 0 Å². The third kappa shape index (κ3) is 3.57. The van der Waals surface area contributed by atoms with Gasteiger partial charge < -0.3 is 0 Å². The summed E-state index contributed by atoms with van der Waals surface area (Å²) in [6.07, 6.45) is 1.30. The molecule has 24 heavy (non-hydrogen) atoms. The molecule has 126 valence electrons. The van der Waals surface area contributed by atoms with E-state index < -0.39 is 16.1 Å². The topological polar surface area (TPSA) is 54.5 Å². The Kier molecular flexibility index (Phi) is 4.83. The van der Waals surface area contributed by atoms with Crippen molar-refractivity contribution in [3.63, 3.8) is 0 Å². The average molecular weight is 343 g/mol. The lowest BCUT2D eigenvalue weighted by Gasteiger charge is -2.23. The minimum atomic E-state index is -3.51. The summed E-state index contributed by atoms with van der Waals surface area (Å²) in [5.41, 5.74) is 2.39. The summed E-state index contributed by atoms with van der Waals surface area (Å²) in [7, 11) is -3.51. The number of aryl methyl sites for hydroxylation is 1. The molecular weight excluding hydrogens is 322 g/mol. The zero-order valence-electron chi connectivity index (χ0n) is 13.7. The van der Waals surface area contributed by atoms with Gasteiger partial charge >= 0.3 is 0 Å². The first-order chi connectivity index (χ1) is 11.5. The lowest BCUT2D eigenvalue weighted by Crippen LogP contribution is -2.41. The summed E-state index contributed by atoms with van der Waals surface area (Å²) in [5, 5.41) is 0. The molecule has 1 fully saturated rings. The molecule has 1 aliphatic rings. The second-order valence-corrected chi connectivity index (χ2v) is 8.16. The van der Waals surface area contributed by atoms with E-state index in [0.29, 0.717) is 18.5 Å². The molecule has 1 unspecified atom stereocenters. The van der Waals surface area contributed by atoms with Gasteiger partial charge in [0.25, 0.3) is 0 Å². The Bertz CT molecular complexity index is 813. The van der Waals surface area contributed by atoms with Crippen LogP contribution in [0.3, 0.4) is 0 Å². The van der Waals surface area contributed by atoms with E-state index >= 15 is 0 Å². The molecule has 4 nitrogen and oxygen atoms in total. The van der Waals surface area contributed by atoms with Crippen LogP contribution in [0.2, 0.25) is 0 Å². The van der Waals surface area contributed by atoms with Gasteiger partial charge in [0.1, 0.15) is 0 Å². The van der Waals surface area contributed by atoms with Gasteiger partial charge in [0.15, 0.2) is 5.78 Å². The summed E-state index contributed by atoms with van der Waals surface area (Å²) in [6.45, 7) is 2.37. The van der Waals surface area contributed by atoms with Crippen molar-refractivity contribution < 1.29 is 13.2 Å². The van der Waals surface area contributed by atoms with Gasteiger partial charge in [0.05, 0.1) is 11.8 Å². The Labute approximate surface area is 143 Å². The summed E-state index contributed by atoms with van der Waals surface area (Å²) in [4.78, 5) is 12.8. The van der Waals surface area contributed by atoms with Crippen LogP contribution in [0.5, 0.6) is 0 Å². The molecule has 0 spiro atoms. The minimum absolute atomic E-state index is 0.0640. The first kappa shape index (κ1) is 16.9. The molecule has 1 saturated heterocycles. The molecule has 0 radical (unpaired) electrons. The number of benzene rings is 2. The summed E-state index contributed by atoms with van der Waals surface area (Å²) in [6, 6.07) is 15.8. The standard InChI is InChI=1S/C19H21NO3S/c1-15-9-11-17(12-10-15)19(21)18-8-5-13-20(18)24(22,23)14-16-6-3-2-4-7-16/h2-4,6-7,9-12,18H,5,8,13-14H2,1H3. The zero-order valence-corrected chi connectivity index (χ0v) is 14.5. The quantitative estimate of drug-likeness (QED) is 0.784. The molecule has 1 atom stereocenters. The van der Waals surface area contributed by atoms with Crippen LogP contribution in [0, 0.1) is 6.92 Å². The Morgan fingerprint density at radius 2 is 1.75 bits per heavy atom. The Morgan fingerprint density at radius 3 is 2.42 bits per heavy atom. The fourth-order valence-electron chi connectivity index (χ4n) is 3.11. The molecule has 0 aliphatic carbocycles. The van der Waals surface area contributed by atoms with Crippen LogP contribution in [0.4, 0.5) is 0 Å². The minimum Gasteiger partial charge on any atom is -0.292 e. The van der Waals surface area contributed by atoms with Crippen LogP contribution in [-0.4, -0.2) is 31.1 Å². The number of carbonyl (C=O) groups is 1. The first-order valence-electron chi connectivity index (χ1n) is 8.12. The second kappa shape index (κ2) is 6.87. The summed E-state index contributed by atoms with van der Waals surface area (Å²) < 4.78 is 26.9. The first-order valence-corrected chi connectivity index (χ1v) is 9.72. The van der Waals surface area contributed by atoms with Crippen molar-refractivity contribution in [2.75, 3.05) is 6.54 Å². The maximum absolute atomic E-state index is 12.8. The molecule has 0 bridgehead atoms. The van der Waals surface area contributed by atoms with Gasteiger partial charge in [-0.1, -0.05) is 60.2 Å². The lowest BCUT2D eigenvalue weighted by atomic mass is 10.0. The fourth-order valence-corrected chi connectivity index (χ4v) is 4.89. The van der Waals surface area contributed by atoms with Crippen LogP contribution < -0.4 is 0 Å². The maximum atomic E-state index is 12.8. The smallest absolute Gasteiger partial charge is 0.218 e. The van der Waals surface area contributed by atoms with E-state index in [-0.39, 0.29) is 11.5 Å². The highest BCUT2D eigenvalue weighted by molar-refractivity contribution is 7.88. The Morgan fingerprint density at radius 1 is 1.08 bits per heavy atom. The highest BCUT2D eigenvalue weighted by Crippen LogP contribution is 2.26. The monoisotopic (exact) mass is 343 g/mol. The predicted molar refractivity (Wildman–Crippen MR) is 94.3 cm³/mol. The van der Waals surface area contributed by atoms with E-state index in [9.17, 15) is 13.2 Å². The lowest BCUT2D eigenvalue weighted by molar-refractivity contribution is 0.0918. The van der Waals surface area contributed by atoms with Gasteiger partial charge in [-0.2, -0.15) is 4.31 Å². The van der Waals surface area contributed by atoms with Crippen LogP contribution >= 0.6 is 0 Å². The average Bonchev–Trinajstić information content (AvgIpc) is 3.06. The van der Waals surface area contributed by atoms with Crippen molar-refractivity contribution >= 4 is 15.8 Å². The molecule has 5 heteroatoms. The zero-order chi connectivity index (χ0) is 17.2. The third-order valence-electron chi connectivity index (χ3n) is 4.39. The van der Waals surface area contributed by atoms with Crippen LogP contribution in [0.25, 0.3) is 0 Å². The second-order valence-electron chi connectivity index (χ2n) is 6.24. The highest BCUT2D eigenvalue weighted by Gasteiger charge is 2.38. The third-order valence-corrected chi connectivity index (χ3v) is 6.24. The SMILES string of the molecule is Cc1ccc(C(=O)C2CCCN2S(=O)(=O)Cc2ccccc2)cc1. The molecule has 0 N–H and O–H groups in total. The van der Waals surface area contributed by atoms with Crippen LogP contribution in [-0.2, 0) is 15.8 Å². The Balaban J connectivity index is 1.82. The van der Waals surface area contributed by atoms with Gasteiger partial charge in [0, 0.05) is 12.1 Å². The van der Waals surface area contributed by atoms with Gasteiger partial charge in [0.2, 0.25) is 10.0 Å². The van der Waals surface area contributed by atoms with E-state index in [1.54, 1.807) is 24.3 Å². The summed E-state index contributed by atoms with van der Waals surface area (Å²) >= 11 is 0. The molecular formula is C19H21NO3S. The van der Waals surface area contributed by atoms with Gasteiger partial charge in [-0.05, 0) is 25.3 Å². The number of hydrogen-bond acceptors (Lipinski definition) is 3. The molecule has 0 saturated carbocycles. The molecule has 0 amide bonds. The number of nitrogens with zero attached hydrogens (tertiary/aromatic N) is 1. The van der Waals surface area contributed by atoms with E-state index in [1.807, 2.05) is 37.3 Å². The van der Waals surface area contributed by atoms with Gasteiger partial charge in [-0.3, -0.25) is 4.79 Å². The van der Waals surface area contributed by atoms with Crippen LogP contribution in [0.1, 0.15) is 34.3 Å². The van der Waals surface area contributed by atoms with E-state index in [1.165, 1.54) is 4.31 Å². The number of sulfonamides is 1. The van der Waals surface area contributed by atoms with Crippen molar-refractivity contribution in [3.05, 3.63) is 71.3 Å². The molecule has 2 aromatic rings. The van der Waals surface area contributed by atoms with Crippen molar-refractivity contribution in [1.29, 1.82) is 0 Å². The maximum Gasteiger partial charge on any atom is 0.218 e. The normalized spacial score (nSPS) is 18.6. The summed E-state index contributed by atoms with van der Waals surface area (Å²) in [5.74, 6) is -0.171. The van der Waals surface area contributed by atoms with E-state index in [0.717, 1.165) is 17.5 Å². The number of hydrogen-bond donors (Lipinski definition) is 0. The van der Waals surface area contributed by atoms with Crippen molar-refractivity contribution in [3.8, 4) is 0 Å². The van der Waals surface area contributed by atoms with E-state index in [2.05, 4.69) is 0 Å².